The molecule has 20 heavy (non-hydrogen) atoms. The molecule has 3 N–H and O–H groups in total. The van der Waals surface area contributed by atoms with Crippen LogP contribution in [-0.2, 0) is 4.79 Å². The summed E-state index contributed by atoms with van der Waals surface area (Å²) >= 11 is 0. The number of methoxy groups -OCH3 is 1. The van der Waals surface area contributed by atoms with Crippen molar-refractivity contribution in [2.45, 2.75) is 32.4 Å². The van der Waals surface area contributed by atoms with Gasteiger partial charge in [0.1, 0.15) is 11.3 Å². The number of likely N-dealkylation sites (N-methyl/N-ethyl adjacent to an activating group) is 1. The first-order valence-electron chi connectivity index (χ1n) is 6.71. The van der Waals surface area contributed by atoms with Gasteiger partial charge in [-0.15, -0.1) is 0 Å². The Hall–Kier alpha value is -1.75. The Balaban J connectivity index is 2.84. The van der Waals surface area contributed by atoms with Crippen molar-refractivity contribution in [2.24, 2.45) is 5.73 Å². The van der Waals surface area contributed by atoms with Crippen LogP contribution in [0.5, 0.6) is 5.75 Å². The van der Waals surface area contributed by atoms with Crippen molar-refractivity contribution in [3.63, 3.8) is 0 Å². The molecule has 0 aliphatic carbocycles. The SMILES string of the molecule is COc1ccc(N(C)CC(C)(NC(C)C)C(N)=O)cc1. The van der Waals surface area contributed by atoms with Crippen LogP contribution in [0, 0.1) is 0 Å². The third-order valence-corrected chi connectivity index (χ3v) is 3.22. The summed E-state index contributed by atoms with van der Waals surface area (Å²) in [5.41, 5.74) is 5.77. The predicted molar refractivity (Wildman–Crippen MR) is 82.1 cm³/mol. The zero-order valence-electron chi connectivity index (χ0n) is 12.9. The summed E-state index contributed by atoms with van der Waals surface area (Å²) in [6, 6.07) is 7.87. The van der Waals surface area contributed by atoms with Crippen LogP contribution < -0.4 is 20.7 Å². The second-order valence-electron chi connectivity index (χ2n) is 5.55. The number of primary amides is 1. The molecule has 112 valence electrons. The topological polar surface area (TPSA) is 67.6 Å². The van der Waals surface area contributed by atoms with E-state index in [0.29, 0.717) is 6.54 Å². The fraction of sp³-hybridized carbons (Fsp3) is 0.533. The van der Waals surface area contributed by atoms with Crippen molar-refractivity contribution in [1.82, 2.24) is 5.32 Å². The third-order valence-electron chi connectivity index (χ3n) is 3.22. The maximum absolute atomic E-state index is 11.7. The zero-order chi connectivity index (χ0) is 15.3. The molecule has 0 fully saturated rings. The number of ether oxygens (including phenoxy) is 1. The molecule has 1 rings (SSSR count). The lowest BCUT2D eigenvalue weighted by molar-refractivity contribution is -0.123. The van der Waals surface area contributed by atoms with Gasteiger partial charge in [0.05, 0.1) is 7.11 Å². The van der Waals surface area contributed by atoms with Crippen molar-refractivity contribution in [3.05, 3.63) is 24.3 Å². The summed E-state index contributed by atoms with van der Waals surface area (Å²) < 4.78 is 5.14. The number of nitrogens with one attached hydrogen (secondary N) is 1. The smallest absolute Gasteiger partial charge is 0.239 e. The lowest BCUT2D eigenvalue weighted by atomic mass is 9.99. The fourth-order valence-electron chi connectivity index (χ4n) is 2.23. The van der Waals surface area contributed by atoms with Gasteiger partial charge in [0.15, 0.2) is 0 Å². The lowest BCUT2D eigenvalue weighted by Crippen LogP contribution is -2.61. The molecule has 0 saturated heterocycles. The van der Waals surface area contributed by atoms with E-state index in [4.69, 9.17) is 10.5 Å². The van der Waals surface area contributed by atoms with E-state index in [1.165, 1.54) is 0 Å². The van der Waals surface area contributed by atoms with E-state index < -0.39 is 5.54 Å². The molecule has 0 heterocycles. The van der Waals surface area contributed by atoms with Crippen molar-refractivity contribution in [3.8, 4) is 5.75 Å². The van der Waals surface area contributed by atoms with Crippen LogP contribution in [0.1, 0.15) is 20.8 Å². The van der Waals surface area contributed by atoms with E-state index in [1.54, 1.807) is 7.11 Å². The van der Waals surface area contributed by atoms with Crippen LogP contribution in [0.3, 0.4) is 0 Å². The van der Waals surface area contributed by atoms with E-state index >= 15 is 0 Å². The Morgan fingerprint density at radius 3 is 2.35 bits per heavy atom. The normalized spacial score (nSPS) is 13.9. The number of rotatable bonds is 7. The second kappa shape index (κ2) is 6.61. The number of hydrogen-bond donors (Lipinski definition) is 2. The highest BCUT2D eigenvalue weighted by molar-refractivity contribution is 5.85. The number of anilines is 1. The Morgan fingerprint density at radius 2 is 1.95 bits per heavy atom. The molecular formula is C15H25N3O2. The molecule has 0 saturated carbocycles. The monoisotopic (exact) mass is 279 g/mol. The molecule has 1 aromatic carbocycles. The third kappa shape index (κ3) is 4.13. The highest BCUT2D eigenvalue weighted by Gasteiger charge is 2.32. The van der Waals surface area contributed by atoms with Gasteiger partial charge < -0.3 is 15.4 Å². The lowest BCUT2D eigenvalue weighted by Gasteiger charge is -2.34. The van der Waals surface area contributed by atoms with Crippen LogP contribution in [0.4, 0.5) is 5.69 Å². The van der Waals surface area contributed by atoms with Gasteiger partial charge in [0, 0.05) is 25.3 Å². The molecule has 0 aromatic heterocycles. The quantitative estimate of drug-likeness (QED) is 0.791. The zero-order valence-corrected chi connectivity index (χ0v) is 12.9. The van der Waals surface area contributed by atoms with Crippen molar-refractivity contribution < 1.29 is 9.53 Å². The molecule has 1 amide bonds. The summed E-state index contributed by atoms with van der Waals surface area (Å²) in [6.07, 6.45) is 0. The number of amides is 1. The van der Waals surface area contributed by atoms with Crippen molar-refractivity contribution >= 4 is 11.6 Å². The molecular weight excluding hydrogens is 254 g/mol. The number of carbonyl (C=O) groups excluding carboxylic acids is 1. The highest BCUT2D eigenvalue weighted by atomic mass is 16.5. The first-order chi connectivity index (χ1) is 9.28. The Bertz CT molecular complexity index is 445. The van der Waals surface area contributed by atoms with Gasteiger partial charge in [0.25, 0.3) is 0 Å². The van der Waals surface area contributed by atoms with Gasteiger partial charge in [-0.05, 0) is 45.0 Å². The molecule has 0 aliphatic rings. The minimum atomic E-state index is -0.775. The number of hydrogen-bond acceptors (Lipinski definition) is 4. The maximum atomic E-state index is 11.7. The van der Waals surface area contributed by atoms with Crippen molar-refractivity contribution in [2.75, 3.05) is 25.6 Å². The van der Waals surface area contributed by atoms with E-state index in [9.17, 15) is 4.79 Å². The summed E-state index contributed by atoms with van der Waals surface area (Å²) in [5.74, 6) is 0.451. The number of benzene rings is 1. The molecule has 0 bridgehead atoms. The molecule has 1 unspecified atom stereocenters. The van der Waals surface area contributed by atoms with Crippen molar-refractivity contribution in [1.29, 1.82) is 0 Å². The second-order valence-corrected chi connectivity index (χ2v) is 5.55. The van der Waals surface area contributed by atoms with Gasteiger partial charge in [-0.3, -0.25) is 10.1 Å². The van der Waals surface area contributed by atoms with Gasteiger partial charge >= 0.3 is 0 Å². The molecule has 5 nitrogen and oxygen atoms in total. The maximum Gasteiger partial charge on any atom is 0.239 e. The largest absolute Gasteiger partial charge is 0.497 e. The van der Waals surface area contributed by atoms with Gasteiger partial charge in [-0.1, -0.05) is 0 Å². The number of nitrogens with two attached hydrogens (primary N) is 1. The average Bonchev–Trinajstić information content (AvgIpc) is 2.37. The number of carbonyl (C=O) groups is 1. The molecule has 0 radical (unpaired) electrons. The Kier molecular flexibility index (Phi) is 5.39. The predicted octanol–water partition coefficient (Wildman–Crippen LogP) is 1.37. The summed E-state index contributed by atoms with van der Waals surface area (Å²) in [6.45, 7) is 6.31. The van der Waals surface area contributed by atoms with Crippen LogP contribution in [0.25, 0.3) is 0 Å². The minimum absolute atomic E-state index is 0.178. The van der Waals surface area contributed by atoms with Crippen LogP contribution in [0.2, 0.25) is 0 Å². The van der Waals surface area contributed by atoms with Gasteiger partial charge in [-0.25, -0.2) is 0 Å². The van der Waals surface area contributed by atoms with Gasteiger partial charge in [0.2, 0.25) is 5.91 Å². The summed E-state index contributed by atoms with van der Waals surface area (Å²) in [5, 5.41) is 3.24. The van der Waals surface area contributed by atoms with Gasteiger partial charge in [-0.2, -0.15) is 0 Å². The van der Waals surface area contributed by atoms with Crippen LogP contribution >= 0.6 is 0 Å². The molecule has 0 spiro atoms. The Labute approximate surface area is 121 Å². The first kappa shape index (κ1) is 16.3. The highest BCUT2D eigenvalue weighted by Crippen LogP contribution is 2.20. The molecule has 1 aromatic rings. The minimum Gasteiger partial charge on any atom is -0.497 e. The Morgan fingerprint density at radius 1 is 1.40 bits per heavy atom. The fourth-order valence-corrected chi connectivity index (χ4v) is 2.23. The van der Waals surface area contributed by atoms with Crippen LogP contribution in [-0.4, -0.2) is 38.2 Å². The first-order valence-corrected chi connectivity index (χ1v) is 6.71. The van der Waals surface area contributed by atoms with Crippen LogP contribution in [0.15, 0.2) is 24.3 Å². The van der Waals surface area contributed by atoms with E-state index in [2.05, 4.69) is 5.32 Å². The molecule has 5 heteroatoms. The van der Waals surface area contributed by atoms with E-state index in [-0.39, 0.29) is 11.9 Å². The van der Waals surface area contributed by atoms with E-state index in [1.807, 2.05) is 57.0 Å². The summed E-state index contributed by atoms with van der Waals surface area (Å²) in [4.78, 5) is 13.7. The summed E-state index contributed by atoms with van der Waals surface area (Å²) in [7, 11) is 3.57. The standard InChI is InChI=1S/C15H25N3O2/c1-11(2)17-15(3,14(16)19)10-18(4)12-6-8-13(20-5)9-7-12/h6-9,11,17H,10H2,1-5H3,(H2,16,19). The number of nitrogens with zero attached hydrogens (tertiary/aromatic N) is 1. The average molecular weight is 279 g/mol. The molecule has 1 atom stereocenters. The van der Waals surface area contributed by atoms with E-state index in [0.717, 1.165) is 11.4 Å². The molecule has 0 aliphatic heterocycles.